The van der Waals surface area contributed by atoms with Gasteiger partial charge in [-0.25, -0.2) is 4.79 Å². The topological polar surface area (TPSA) is 55.8 Å². The highest BCUT2D eigenvalue weighted by atomic mass is 16.6. The third-order valence-electron chi connectivity index (χ3n) is 3.71. The Balaban J connectivity index is 1.87. The molecule has 2 fully saturated rings. The van der Waals surface area contributed by atoms with Crippen LogP contribution in [0.5, 0.6) is 0 Å². The lowest BCUT2D eigenvalue weighted by atomic mass is 10.1. The van der Waals surface area contributed by atoms with Gasteiger partial charge in [0.1, 0.15) is 5.60 Å². The van der Waals surface area contributed by atoms with E-state index in [0.29, 0.717) is 25.6 Å². The van der Waals surface area contributed by atoms with Gasteiger partial charge in [-0.2, -0.15) is 0 Å². The zero-order chi connectivity index (χ0) is 14.2. The maximum absolute atomic E-state index is 12.0. The van der Waals surface area contributed by atoms with Gasteiger partial charge in [0.2, 0.25) is 0 Å². The van der Waals surface area contributed by atoms with Crippen LogP contribution in [0.3, 0.4) is 0 Å². The van der Waals surface area contributed by atoms with Crippen LogP contribution in [-0.2, 0) is 14.3 Å². The fourth-order valence-electron chi connectivity index (χ4n) is 2.82. The Kier molecular flexibility index (Phi) is 3.74. The van der Waals surface area contributed by atoms with E-state index in [0.717, 1.165) is 6.42 Å². The average Bonchev–Trinajstić information content (AvgIpc) is 2.99. The van der Waals surface area contributed by atoms with Crippen molar-refractivity contribution in [3.63, 3.8) is 0 Å². The summed E-state index contributed by atoms with van der Waals surface area (Å²) in [5.41, 5.74) is -0.474. The Labute approximate surface area is 114 Å². The molecular weight excluding hydrogens is 246 g/mol. The molecule has 0 aromatic rings. The van der Waals surface area contributed by atoms with Gasteiger partial charge in [0.05, 0.1) is 12.5 Å². The summed E-state index contributed by atoms with van der Waals surface area (Å²) in [5, 5.41) is 0. The number of nitrogens with zero attached hydrogens (tertiary/aromatic N) is 1. The first-order valence-corrected chi connectivity index (χ1v) is 6.98. The number of amides is 1. The molecule has 0 aromatic carbocycles. The van der Waals surface area contributed by atoms with Gasteiger partial charge in [-0.1, -0.05) is 0 Å². The fraction of sp³-hybridized carbons (Fsp3) is 0.857. The van der Waals surface area contributed by atoms with Crippen LogP contribution < -0.4 is 0 Å². The number of hydrogen-bond acceptors (Lipinski definition) is 4. The van der Waals surface area contributed by atoms with Gasteiger partial charge < -0.3 is 14.4 Å². The van der Waals surface area contributed by atoms with E-state index in [-0.39, 0.29) is 23.9 Å². The Morgan fingerprint density at radius 3 is 2.53 bits per heavy atom. The normalized spacial score (nSPS) is 29.5. The lowest BCUT2D eigenvalue weighted by Crippen LogP contribution is -2.40. The number of carbonyl (C=O) groups is 2. The summed E-state index contributed by atoms with van der Waals surface area (Å²) in [6.45, 7) is 9.10. The summed E-state index contributed by atoms with van der Waals surface area (Å²) >= 11 is 0. The van der Waals surface area contributed by atoms with E-state index in [9.17, 15) is 9.59 Å². The Morgan fingerprint density at radius 2 is 1.95 bits per heavy atom. The van der Waals surface area contributed by atoms with Gasteiger partial charge in [0.15, 0.2) is 0 Å². The summed E-state index contributed by atoms with van der Waals surface area (Å²) in [6, 6.07) is 0. The highest BCUT2D eigenvalue weighted by Crippen LogP contribution is 2.52. The van der Waals surface area contributed by atoms with Gasteiger partial charge in [-0.3, -0.25) is 4.79 Å². The van der Waals surface area contributed by atoms with Crippen molar-refractivity contribution in [3.8, 4) is 0 Å². The van der Waals surface area contributed by atoms with Crippen molar-refractivity contribution in [3.05, 3.63) is 0 Å². The van der Waals surface area contributed by atoms with Crippen LogP contribution in [0.2, 0.25) is 0 Å². The largest absolute Gasteiger partial charge is 0.466 e. The standard InChI is InChI=1S/C14H23NO4/c1-5-18-12(16)11-9-6-7-15(8-10(9)11)13(17)19-14(2,3)4/h9-11H,5-8H2,1-4H3/t9-,10+,11+/m0/s1. The van der Waals surface area contributed by atoms with Crippen molar-refractivity contribution in [2.24, 2.45) is 17.8 Å². The molecule has 0 radical (unpaired) electrons. The smallest absolute Gasteiger partial charge is 0.410 e. The number of carbonyl (C=O) groups excluding carboxylic acids is 2. The zero-order valence-corrected chi connectivity index (χ0v) is 12.1. The van der Waals surface area contributed by atoms with Crippen LogP contribution in [0.25, 0.3) is 0 Å². The summed E-state index contributed by atoms with van der Waals surface area (Å²) in [4.78, 5) is 25.4. The zero-order valence-electron chi connectivity index (χ0n) is 12.1. The van der Waals surface area contributed by atoms with E-state index in [1.807, 2.05) is 27.7 Å². The first-order chi connectivity index (χ1) is 8.83. The molecule has 1 saturated carbocycles. The maximum atomic E-state index is 12.0. The molecule has 1 heterocycles. The number of fused-ring (bicyclic) bond motifs is 1. The Bertz CT molecular complexity index is 374. The van der Waals surface area contributed by atoms with Crippen molar-refractivity contribution >= 4 is 12.1 Å². The van der Waals surface area contributed by atoms with Crippen LogP contribution >= 0.6 is 0 Å². The van der Waals surface area contributed by atoms with Crippen LogP contribution in [0.1, 0.15) is 34.1 Å². The minimum Gasteiger partial charge on any atom is -0.466 e. The molecule has 1 aliphatic carbocycles. The van der Waals surface area contributed by atoms with Crippen LogP contribution in [-0.4, -0.2) is 42.3 Å². The minimum atomic E-state index is -0.474. The average molecular weight is 269 g/mol. The monoisotopic (exact) mass is 269 g/mol. The molecule has 5 nitrogen and oxygen atoms in total. The van der Waals surface area contributed by atoms with Crippen molar-refractivity contribution < 1.29 is 19.1 Å². The van der Waals surface area contributed by atoms with Gasteiger partial charge in [0, 0.05) is 13.1 Å². The highest BCUT2D eigenvalue weighted by Gasteiger charge is 2.58. The van der Waals surface area contributed by atoms with Gasteiger partial charge in [-0.05, 0) is 46.0 Å². The molecule has 3 atom stereocenters. The number of likely N-dealkylation sites (tertiary alicyclic amines) is 1. The quantitative estimate of drug-likeness (QED) is 0.720. The Hall–Kier alpha value is -1.26. The van der Waals surface area contributed by atoms with E-state index < -0.39 is 5.60 Å². The second-order valence-corrected chi connectivity index (χ2v) is 6.32. The summed E-state index contributed by atoms with van der Waals surface area (Å²) in [7, 11) is 0. The van der Waals surface area contributed by atoms with Crippen molar-refractivity contribution in [2.45, 2.75) is 39.7 Å². The third kappa shape index (κ3) is 3.19. The summed E-state index contributed by atoms with van der Waals surface area (Å²) in [5.74, 6) is 0.550. The molecule has 108 valence electrons. The Morgan fingerprint density at radius 1 is 1.26 bits per heavy atom. The number of ether oxygens (including phenoxy) is 2. The number of piperidine rings is 1. The molecule has 1 amide bonds. The molecule has 0 bridgehead atoms. The lowest BCUT2D eigenvalue weighted by molar-refractivity contribution is -0.145. The molecule has 19 heavy (non-hydrogen) atoms. The second-order valence-electron chi connectivity index (χ2n) is 6.32. The molecule has 2 rings (SSSR count). The van der Waals surface area contributed by atoms with Crippen LogP contribution in [0, 0.1) is 17.8 Å². The van der Waals surface area contributed by atoms with E-state index >= 15 is 0 Å². The SMILES string of the molecule is CCOC(=O)[C@H]1[C@@H]2CN(C(=O)OC(C)(C)C)CC[C@@H]21. The lowest BCUT2D eigenvalue weighted by Gasteiger charge is -2.29. The van der Waals surface area contributed by atoms with E-state index in [4.69, 9.17) is 9.47 Å². The molecule has 0 spiro atoms. The number of esters is 1. The van der Waals surface area contributed by atoms with Crippen LogP contribution in [0.4, 0.5) is 4.79 Å². The summed E-state index contributed by atoms with van der Waals surface area (Å²) in [6.07, 6.45) is 0.591. The third-order valence-corrected chi connectivity index (χ3v) is 3.71. The molecule has 0 N–H and O–H groups in total. The first kappa shape index (κ1) is 14.2. The second kappa shape index (κ2) is 5.02. The minimum absolute atomic E-state index is 0.00705. The van der Waals surface area contributed by atoms with Crippen LogP contribution in [0.15, 0.2) is 0 Å². The summed E-state index contributed by atoms with van der Waals surface area (Å²) < 4.78 is 10.4. The number of hydrogen-bond donors (Lipinski definition) is 0. The van der Waals surface area contributed by atoms with Crippen molar-refractivity contribution in [2.75, 3.05) is 19.7 Å². The van der Waals surface area contributed by atoms with E-state index in [1.54, 1.807) is 4.90 Å². The fourth-order valence-corrected chi connectivity index (χ4v) is 2.82. The predicted octanol–water partition coefficient (Wildman–Crippen LogP) is 2.05. The molecule has 1 aliphatic heterocycles. The molecule has 0 unspecified atom stereocenters. The van der Waals surface area contributed by atoms with Crippen molar-refractivity contribution in [1.82, 2.24) is 4.90 Å². The van der Waals surface area contributed by atoms with Gasteiger partial charge in [-0.15, -0.1) is 0 Å². The van der Waals surface area contributed by atoms with Crippen molar-refractivity contribution in [1.29, 1.82) is 0 Å². The van der Waals surface area contributed by atoms with E-state index in [1.165, 1.54) is 0 Å². The van der Waals surface area contributed by atoms with E-state index in [2.05, 4.69) is 0 Å². The number of rotatable bonds is 2. The highest BCUT2D eigenvalue weighted by molar-refractivity contribution is 5.77. The first-order valence-electron chi connectivity index (χ1n) is 6.98. The molecule has 0 aromatic heterocycles. The maximum Gasteiger partial charge on any atom is 0.410 e. The molecule has 1 saturated heterocycles. The van der Waals surface area contributed by atoms with Gasteiger partial charge >= 0.3 is 12.1 Å². The molecule has 5 heteroatoms. The van der Waals surface area contributed by atoms with Gasteiger partial charge in [0.25, 0.3) is 0 Å². The predicted molar refractivity (Wildman–Crippen MR) is 69.5 cm³/mol. The molecule has 2 aliphatic rings. The molecular formula is C14H23NO4.